The summed E-state index contributed by atoms with van der Waals surface area (Å²) in [5.74, 6) is 0. The van der Waals surface area contributed by atoms with E-state index in [0.717, 1.165) is 0 Å². The van der Waals surface area contributed by atoms with Crippen molar-refractivity contribution in [3.63, 3.8) is 0 Å². The molecule has 0 spiro atoms. The Morgan fingerprint density at radius 1 is 0.739 bits per heavy atom. The van der Waals surface area contributed by atoms with E-state index in [4.69, 9.17) is 0 Å². The summed E-state index contributed by atoms with van der Waals surface area (Å²) in [6.45, 7) is 6.85. The van der Waals surface area contributed by atoms with Crippen molar-refractivity contribution in [2.24, 2.45) is 0 Å². The number of fused-ring (bicyclic) bond motifs is 3. The van der Waals surface area contributed by atoms with Gasteiger partial charge >= 0.3 is 0 Å². The van der Waals surface area contributed by atoms with Crippen molar-refractivity contribution < 1.29 is 0 Å². The molecule has 1 aliphatic rings. The number of hydrogen-bond acceptors (Lipinski definition) is 0. The maximum Gasteiger partial charge on any atom is 0.0237 e. The molecule has 0 fully saturated rings. The Morgan fingerprint density at radius 3 is 2.26 bits per heavy atom. The van der Waals surface area contributed by atoms with Gasteiger partial charge in [0.25, 0.3) is 0 Å². The minimum atomic E-state index is 0.0667. The standard InChI is InChI=1S/C22H19I/c1-14-7-6-9-16(21(14)23)15-11-12-18-17-8-4-5-10-19(17)22(2,3)20(18)13-15/h4-13H,1-3H3. The fraction of sp³-hybridized carbons (Fsp3) is 0.182. The zero-order valence-corrected chi connectivity index (χ0v) is 15.8. The zero-order valence-electron chi connectivity index (χ0n) is 13.7. The molecule has 4 rings (SSSR count). The van der Waals surface area contributed by atoms with Gasteiger partial charge in [-0.1, -0.05) is 68.4 Å². The molecular formula is C22H19I. The average molecular weight is 410 g/mol. The molecule has 0 aromatic heterocycles. The highest BCUT2D eigenvalue weighted by atomic mass is 127. The molecular weight excluding hydrogens is 391 g/mol. The summed E-state index contributed by atoms with van der Waals surface area (Å²) in [5.41, 5.74) is 9.70. The number of halogens is 1. The largest absolute Gasteiger partial charge is 0.0619 e. The number of benzene rings is 3. The van der Waals surface area contributed by atoms with Gasteiger partial charge in [0, 0.05) is 8.99 Å². The molecule has 0 N–H and O–H groups in total. The second-order valence-corrected chi connectivity index (χ2v) is 7.95. The summed E-state index contributed by atoms with van der Waals surface area (Å²) in [7, 11) is 0. The van der Waals surface area contributed by atoms with Gasteiger partial charge in [-0.3, -0.25) is 0 Å². The highest BCUT2D eigenvalue weighted by Gasteiger charge is 2.35. The third-order valence-electron chi connectivity index (χ3n) is 5.09. The maximum atomic E-state index is 2.47. The van der Waals surface area contributed by atoms with Crippen LogP contribution in [0, 0.1) is 10.5 Å². The van der Waals surface area contributed by atoms with Crippen LogP contribution in [0.25, 0.3) is 22.3 Å². The average Bonchev–Trinajstić information content (AvgIpc) is 2.78. The van der Waals surface area contributed by atoms with Crippen LogP contribution in [0.4, 0.5) is 0 Å². The molecule has 1 heteroatoms. The van der Waals surface area contributed by atoms with Crippen LogP contribution in [0.5, 0.6) is 0 Å². The molecule has 3 aromatic carbocycles. The molecule has 0 heterocycles. The van der Waals surface area contributed by atoms with Crippen LogP contribution in [0.15, 0.2) is 60.7 Å². The molecule has 3 aromatic rings. The van der Waals surface area contributed by atoms with E-state index in [2.05, 4.69) is 104 Å². The number of hydrogen-bond donors (Lipinski definition) is 0. The molecule has 0 atom stereocenters. The summed E-state index contributed by atoms with van der Waals surface area (Å²) in [6, 6.07) is 22.3. The Labute approximate surface area is 151 Å². The van der Waals surface area contributed by atoms with Crippen LogP contribution >= 0.6 is 22.6 Å². The molecule has 0 radical (unpaired) electrons. The molecule has 0 saturated carbocycles. The predicted molar refractivity (Wildman–Crippen MR) is 107 cm³/mol. The van der Waals surface area contributed by atoms with E-state index < -0.39 is 0 Å². The first-order valence-corrected chi connectivity index (χ1v) is 9.08. The van der Waals surface area contributed by atoms with Crippen LogP contribution in [0.2, 0.25) is 0 Å². The van der Waals surface area contributed by atoms with Crippen LogP contribution in [-0.4, -0.2) is 0 Å². The van der Waals surface area contributed by atoms with Gasteiger partial charge in [0.2, 0.25) is 0 Å². The number of rotatable bonds is 1. The molecule has 23 heavy (non-hydrogen) atoms. The van der Waals surface area contributed by atoms with Crippen LogP contribution in [0.1, 0.15) is 30.5 Å². The van der Waals surface area contributed by atoms with Crippen molar-refractivity contribution in [3.8, 4) is 22.3 Å². The van der Waals surface area contributed by atoms with Crippen molar-refractivity contribution in [2.45, 2.75) is 26.2 Å². The van der Waals surface area contributed by atoms with Crippen molar-refractivity contribution in [2.75, 3.05) is 0 Å². The Bertz CT molecular complexity index is 919. The third kappa shape index (κ3) is 2.17. The fourth-order valence-corrected chi connectivity index (χ4v) is 4.41. The van der Waals surface area contributed by atoms with Gasteiger partial charge in [-0.15, -0.1) is 0 Å². The number of aryl methyl sites for hydroxylation is 1. The Kier molecular flexibility index (Phi) is 3.38. The molecule has 0 amide bonds. The van der Waals surface area contributed by atoms with Crippen molar-refractivity contribution in [1.29, 1.82) is 0 Å². The first-order valence-electron chi connectivity index (χ1n) is 8.00. The lowest BCUT2D eigenvalue weighted by atomic mass is 9.81. The molecule has 0 aliphatic heterocycles. The SMILES string of the molecule is Cc1cccc(-c2ccc3c(c2)C(C)(C)c2ccccc2-3)c1I. The van der Waals surface area contributed by atoms with Crippen LogP contribution in [0.3, 0.4) is 0 Å². The second kappa shape index (κ2) is 5.20. The van der Waals surface area contributed by atoms with E-state index in [-0.39, 0.29) is 5.41 Å². The van der Waals surface area contributed by atoms with E-state index in [1.165, 1.54) is 42.5 Å². The highest BCUT2D eigenvalue weighted by molar-refractivity contribution is 14.1. The van der Waals surface area contributed by atoms with Gasteiger partial charge in [-0.25, -0.2) is 0 Å². The summed E-state index contributed by atoms with van der Waals surface area (Å²) < 4.78 is 1.35. The lowest BCUT2D eigenvalue weighted by Crippen LogP contribution is -2.14. The van der Waals surface area contributed by atoms with Gasteiger partial charge in [0.05, 0.1) is 0 Å². The van der Waals surface area contributed by atoms with E-state index in [0.29, 0.717) is 0 Å². The van der Waals surface area contributed by atoms with E-state index in [1.807, 2.05) is 0 Å². The summed E-state index contributed by atoms with van der Waals surface area (Å²) in [6.07, 6.45) is 0. The lowest BCUT2D eigenvalue weighted by molar-refractivity contribution is 0.660. The summed E-state index contributed by atoms with van der Waals surface area (Å²) in [5, 5.41) is 0. The second-order valence-electron chi connectivity index (χ2n) is 6.87. The van der Waals surface area contributed by atoms with Crippen molar-refractivity contribution in [1.82, 2.24) is 0 Å². The minimum absolute atomic E-state index is 0.0667. The van der Waals surface area contributed by atoms with E-state index in [9.17, 15) is 0 Å². The minimum Gasteiger partial charge on any atom is -0.0619 e. The predicted octanol–water partition coefficient (Wildman–Crippen LogP) is 6.57. The fourth-order valence-electron chi connectivity index (χ4n) is 3.74. The quantitative estimate of drug-likeness (QED) is 0.398. The monoisotopic (exact) mass is 410 g/mol. The molecule has 1 aliphatic carbocycles. The molecule has 0 nitrogen and oxygen atoms in total. The van der Waals surface area contributed by atoms with E-state index in [1.54, 1.807) is 0 Å². The van der Waals surface area contributed by atoms with Gasteiger partial charge < -0.3 is 0 Å². The lowest BCUT2D eigenvalue weighted by Gasteiger charge is -2.22. The zero-order chi connectivity index (χ0) is 16.2. The topological polar surface area (TPSA) is 0 Å². The Morgan fingerprint density at radius 2 is 1.43 bits per heavy atom. The Balaban J connectivity index is 1.94. The maximum absolute atomic E-state index is 2.47. The van der Waals surface area contributed by atoms with Gasteiger partial charge in [0.15, 0.2) is 0 Å². The third-order valence-corrected chi connectivity index (χ3v) is 6.52. The normalized spacial score (nSPS) is 14.4. The van der Waals surface area contributed by atoms with Crippen molar-refractivity contribution >= 4 is 22.6 Å². The molecule has 0 bridgehead atoms. The van der Waals surface area contributed by atoms with Gasteiger partial charge in [0.1, 0.15) is 0 Å². The molecule has 114 valence electrons. The summed E-state index contributed by atoms with van der Waals surface area (Å²) in [4.78, 5) is 0. The first-order chi connectivity index (χ1) is 11.0. The van der Waals surface area contributed by atoms with Gasteiger partial charge in [-0.05, 0) is 74.5 Å². The van der Waals surface area contributed by atoms with Gasteiger partial charge in [-0.2, -0.15) is 0 Å². The molecule has 0 unspecified atom stereocenters. The van der Waals surface area contributed by atoms with E-state index >= 15 is 0 Å². The first kappa shape index (κ1) is 14.9. The van der Waals surface area contributed by atoms with Crippen LogP contribution in [-0.2, 0) is 5.41 Å². The molecule has 0 saturated heterocycles. The Hall–Kier alpha value is -1.61. The summed E-state index contributed by atoms with van der Waals surface area (Å²) >= 11 is 2.47. The smallest absolute Gasteiger partial charge is 0.0237 e. The van der Waals surface area contributed by atoms with Crippen molar-refractivity contribution in [3.05, 3.63) is 80.9 Å². The highest BCUT2D eigenvalue weighted by Crippen LogP contribution is 2.49. The van der Waals surface area contributed by atoms with Crippen LogP contribution < -0.4 is 0 Å².